The maximum Gasteiger partial charge on any atom is 0.254 e. The third-order valence-electron chi connectivity index (χ3n) is 7.93. The summed E-state index contributed by atoms with van der Waals surface area (Å²) in [5.74, 6) is 0.669. The van der Waals surface area contributed by atoms with Crippen molar-refractivity contribution in [1.82, 2.24) is 30.0 Å². The summed E-state index contributed by atoms with van der Waals surface area (Å²) in [4.78, 5) is 27.4. The van der Waals surface area contributed by atoms with E-state index < -0.39 is 5.82 Å². The molecule has 1 spiro atoms. The van der Waals surface area contributed by atoms with Crippen molar-refractivity contribution in [2.24, 2.45) is 0 Å². The average molecular weight is 508 g/mol. The molecule has 1 amide bonds. The molecule has 10 heteroatoms. The number of amides is 1. The molecule has 6 rings (SSSR count). The van der Waals surface area contributed by atoms with E-state index in [-0.39, 0.29) is 23.0 Å². The summed E-state index contributed by atoms with van der Waals surface area (Å²) in [5.41, 5.74) is 1.87. The molecular formula is C26H30FN7OS. The van der Waals surface area contributed by atoms with Crippen LogP contribution in [0.1, 0.15) is 65.4 Å². The second-order valence-electron chi connectivity index (χ2n) is 10.4. The first-order chi connectivity index (χ1) is 17.4. The lowest BCUT2D eigenvalue weighted by atomic mass is 9.79. The number of carbonyl (C=O) groups is 1. The fraction of sp³-hybridized carbons (Fsp3) is 0.500. The van der Waals surface area contributed by atoms with E-state index in [2.05, 4.69) is 37.4 Å². The lowest BCUT2D eigenvalue weighted by Gasteiger charge is -2.38. The zero-order valence-electron chi connectivity index (χ0n) is 20.6. The normalized spacial score (nSPS) is 20.2. The van der Waals surface area contributed by atoms with E-state index in [1.54, 1.807) is 4.90 Å². The summed E-state index contributed by atoms with van der Waals surface area (Å²) >= 11 is 1.50. The Labute approximate surface area is 214 Å². The van der Waals surface area contributed by atoms with Crippen LogP contribution in [-0.2, 0) is 5.41 Å². The highest BCUT2D eigenvalue weighted by molar-refractivity contribution is 7.16. The van der Waals surface area contributed by atoms with Gasteiger partial charge in [-0.3, -0.25) is 4.79 Å². The minimum Gasteiger partial charge on any atom is -0.341 e. The number of thiophene rings is 1. The number of nitrogens with zero attached hydrogens (tertiary/aromatic N) is 6. The molecule has 1 saturated carbocycles. The van der Waals surface area contributed by atoms with E-state index in [0.717, 1.165) is 68.7 Å². The zero-order chi connectivity index (χ0) is 24.9. The smallest absolute Gasteiger partial charge is 0.254 e. The Hall–Kier alpha value is -2.98. The van der Waals surface area contributed by atoms with Gasteiger partial charge < -0.3 is 15.1 Å². The standard InChI is InChI=1S/C26H30FN7OS/c1-33-11-7-16(8-12-33)19-5-6-21(32-31-19)29-25-28-14-18(27)22(30-25)20-13-17-23(36-20)26(9-3-4-10-26)15-34(2)24(17)35/h5-6,13-14,16H,3-4,7-12,15H2,1-2H3,(H,28,29,30,32). The van der Waals surface area contributed by atoms with Gasteiger partial charge in [0.25, 0.3) is 5.91 Å². The van der Waals surface area contributed by atoms with Gasteiger partial charge in [0.05, 0.1) is 22.3 Å². The Kier molecular flexibility index (Phi) is 5.95. The van der Waals surface area contributed by atoms with Gasteiger partial charge in [0.15, 0.2) is 11.6 Å². The number of rotatable bonds is 4. The van der Waals surface area contributed by atoms with Crippen molar-refractivity contribution in [3.8, 4) is 10.6 Å². The van der Waals surface area contributed by atoms with Crippen LogP contribution in [0.3, 0.4) is 0 Å². The molecule has 3 aromatic heterocycles. The summed E-state index contributed by atoms with van der Waals surface area (Å²) in [6.07, 6.45) is 7.75. The van der Waals surface area contributed by atoms with Crippen molar-refractivity contribution >= 4 is 29.0 Å². The summed E-state index contributed by atoms with van der Waals surface area (Å²) in [6, 6.07) is 5.67. The fourth-order valence-electron chi connectivity index (χ4n) is 5.95. The average Bonchev–Trinajstić information content (AvgIpc) is 3.54. The monoisotopic (exact) mass is 507 g/mol. The molecule has 0 radical (unpaired) electrons. The SMILES string of the molecule is CN1CCC(c2ccc(Nc3ncc(F)c(-c4cc5c(s4)C4(CCCC4)CN(C)C5=O)n3)nn2)CC1. The Morgan fingerprint density at radius 3 is 2.64 bits per heavy atom. The topological polar surface area (TPSA) is 87.1 Å². The van der Waals surface area contributed by atoms with Gasteiger partial charge in [-0.05, 0) is 64.0 Å². The van der Waals surface area contributed by atoms with E-state index in [0.29, 0.717) is 22.2 Å². The molecule has 0 bridgehead atoms. The molecule has 5 heterocycles. The number of carbonyl (C=O) groups excluding carboxylic acids is 1. The lowest BCUT2D eigenvalue weighted by Crippen LogP contribution is -2.45. The van der Waals surface area contributed by atoms with E-state index in [9.17, 15) is 9.18 Å². The highest BCUT2D eigenvalue weighted by Gasteiger charge is 2.45. The van der Waals surface area contributed by atoms with Gasteiger partial charge in [-0.1, -0.05) is 12.8 Å². The molecule has 1 aliphatic carbocycles. The van der Waals surface area contributed by atoms with Gasteiger partial charge in [0, 0.05) is 29.8 Å². The molecule has 0 aromatic carbocycles. The van der Waals surface area contributed by atoms with Gasteiger partial charge in [0.2, 0.25) is 5.95 Å². The van der Waals surface area contributed by atoms with Crippen LogP contribution in [0.4, 0.5) is 16.2 Å². The third kappa shape index (κ3) is 4.16. The van der Waals surface area contributed by atoms with Gasteiger partial charge in [-0.15, -0.1) is 16.4 Å². The molecule has 0 unspecified atom stereocenters. The second kappa shape index (κ2) is 9.15. The molecular weight excluding hydrogens is 477 g/mol. The number of hydrogen-bond acceptors (Lipinski definition) is 8. The predicted octanol–water partition coefficient (Wildman–Crippen LogP) is 4.58. The second-order valence-corrected chi connectivity index (χ2v) is 11.5. The van der Waals surface area contributed by atoms with E-state index in [1.807, 2.05) is 25.2 Å². The largest absolute Gasteiger partial charge is 0.341 e. The molecule has 188 valence electrons. The highest BCUT2D eigenvalue weighted by Crippen LogP contribution is 2.50. The molecule has 3 aliphatic rings. The van der Waals surface area contributed by atoms with Crippen molar-refractivity contribution < 1.29 is 9.18 Å². The van der Waals surface area contributed by atoms with Crippen LogP contribution in [0.5, 0.6) is 0 Å². The van der Waals surface area contributed by atoms with Crippen molar-refractivity contribution in [3.05, 3.63) is 46.3 Å². The Morgan fingerprint density at radius 2 is 1.92 bits per heavy atom. The lowest BCUT2D eigenvalue weighted by molar-refractivity contribution is 0.0728. The molecule has 2 aliphatic heterocycles. The number of nitrogens with one attached hydrogen (secondary N) is 1. The minimum atomic E-state index is -0.510. The van der Waals surface area contributed by atoms with Crippen LogP contribution in [-0.4, -0.2) is 69.6 Å². The van der Waals surface area contributed by atoms with Crippen molar-refractivity contribution in [1.29, 1.82) is 0 Å². The first-order valence-corrected chi connectivity index (χ1v) is 13.5. The van der Waals surface area contributed by atoms with Gasteiger partial charge >= 0.3 is 0 Å². The molecule has 36 heavy (non-hydrogen) atoms. The molecule has 1 N–H and O–H groups in total. The number of halogens is 1. The minimum absolute atomic E-state index is 0.00203. The van der Waals surface area contributed by atoms with Crippen molar-refractivity contribution in [2.45, 2.75) is 49.9 Å². The number of likely N-dealkylation sites (N-methyl/N-ethyl adjacent to an activating group) is 1. The molecule has 2 fully saturated rings. The number of hydrogen-bond donors (Lipinski definition) is 1. The fourth-order valence-corrected chi connectivity index (χ4v) is 7.32. The molecule has 1 saturated heterocycles. The van der Waals surface area contributed by atoms with E-state index in [4.69, 9.17) is 0 Å². The Bertz CT molecular complexity index is 1280. The van der Waals surface area contributed by atoms with Crippen LogP contribution in [0.25, 0.3) is 10.6 Å². The van der Waals surface area contributed by atoms with Gasteiger partial charge in [-0.25, -0.2) is 14.4 Å². The molecule has 3 aromatic rings. The third-order valence-corrected chi connectivity index (χ3v) is 9.32. The van der Waals surface area contributed by atoms with E-state index >= 15 is 0 Å². The van der Waals surface area contributed by atoms with Crippen LogP contribution >= 0.6 is 11.3 Å². The van der Waals surface area contributed by atoms with Gasteiger partial charge in [-0.2, -0.15) is 5.10 Å². The van der Waals surface area contributed by atoms with Crippen LogP contribution < -0.4 is 5.32 Å². The zero-order valence-corrected chi connectivity index (χ0v) is 21.4. The highest BCUT2D eigenvalue weighted by atomic mass is 32.1. The number of fused-ring (bicyclic) bond motifs is 2. The van der Waals surface area contributed by atoms with Crippen molar-refractivity contribution in [2.75, 3.05) is 39.0 Å². The summed E-state index contributed by atoms with van der Waals surface area (Å²) in [6.45, 7) is 2.85. The van der Waals surface area contributed by atoms with E-state index in [1.165, 1.54) is 17.5 Å². The first kappa shape index (κ1) is 23.4. The number of piperidine rings is 1. The summed E-state index contributed by atoms with van der Waals surface area (Å²) in [7, 11) is 4.00. The number of anilines is 2. The Morgan fingerprint density at radius 1 is 1.14 bits per heavy atom. The quantitative estimate of drug-likeness (QED) is 0.553. The first-order valence-electron chi connectivity index (χ1n) is 12.6. The summed E-state index contributed by atoms with van der Waals surface area (Å²) in [5, 5.41) is 11.8. The predicted molar refractivity (Wildman–Crippen MR) is 137 cm³/mol. The number of aromatic nitrogens is 4. The molecule has 0 atom stereocenters. The Balaban J connectivity index is 1.26. The maximum atomic E-state index is 14.9. The van der Waals surface area contributed by atoms with Crippen LogP contribution in [0.15, 0.2) is 24.4 Å². The summed E-state index contributed by atoms with van der Waals surface area (Å²) < 4.78 is 14.9. The number of likely N-dealkylation sites (tertiary alicyclic amines) is 1. The maximum absolute atomic E-state index is 14.9. The van der Waals surface area contributed by atoms with Crippen LogP contribution in [0.2, 0.25) is 0 Å². The van der Waals surface area contributed by atoms with Gasteiger partial charge in [0.1, 0.15) is 5.69 Å². The molecule has 8 nitrogen and oxygen atoms in total. The van der Waals surface area contributed by atoms with Crippen LogP contribution in [0, 0.1) is 5.82 Å². The van der Waals surface area contributed by atoms with Crippen molar-refractivity contribution in [3.63, 3.8) is 0 Å².